The van der Waals surface area contributed by atoms with Crippen molar-refractivity contribution in [2.45, 2.75) is 13.8 Å². The van der Waals surface area contributed by atoms with Crippen LogP contribution in [-0.2, 0) is 4.79 Å². The Balaban J connectivity index is 1.57. The molecule has 5 rings (SSSR count). The van der Waals surface area contributed by atoms with Crippen LogP contribution in [0, 0.1) is 13.8 Å². The van der Waals surface area contributed by atoms with Gasteiger partial charge in [0, 0.05) is 37.0 Å². The summed E-state index contributed by atoms with van der Waals surface area (Å²) in [6.07, 6.45) is 4.89. The normalized spacial score (nSPS) is 14.4. The first-order chi connectivity index (χ1) is 15.1. The molecule has 0 aliphatic carbocycles. The quantitative estimate of drug-likeness (QED) is 0.520. The number of anilines is 1. The average Bonchev–Trinajstić information content (AvgIpc) is 3.27. The lowest BCUT2D eigenvalue weighted by Gasteiger charge is -2.35. The van der Waals surface area contributed by atoms with Gasteiger partial charge in [0.25, 0.3) is 0 Å². The Kier molecular flexibility index (Phi) is 4.66. The van der Waals surface area contributed by atoms with Crippen LogP contribution in [0.1, 0.15) is 11.1 Å². The molecule has 3 heterocycles. The molecule has 1 N–H and O–H groups in total. The Morgan fingerprint density at radius 2 is 1.87 bits per heavy atom. The lowest BCUT2D eigenvalue weighted by Crippen LogP contribution is -2.48. The van der Waals surface area contributed by atoms with Gasteiger partial charge in [0.1, 0.15) is 12.1 Å². The number of carbonyl (C=O) groups excluding carboxylic acids is 1. The number of benzene rings is 2. The standard InChI is InChI=1S/C24H24N6O/c1-4-22(31)29-7-9-30(10-8-29)24-18-11-16(3)17(12-21(18)25-14-26-24)23-15(2)5-6-20-19(23)13-27-28-20/h4-6,11-14H,1,7-10H2,2-3H3,(H,27,28). The predicted molar refractivity (Wildman–Crippen MR) is 123 cm³/mol. The van der Waals surface area contributed by atoms with E-state index < -0.39 is 0 Å². The molecule has 0 radical (unpaired) electrons. The van der Waals surface area contributed by atoms with E-state index in [1.165, 1.54) is 22.8 Å². The molecule has 2 aromatic carbocycles. The van der Waals surface area contributed by atoms with Crippen molar-refractivity contribution in [3.8, 4) is 11.1 Å². The van der Waals surface area contributed by atoms with Crippen molar-refractivity contribution in [3.05, 3.63) is 60.6 Å². The molecule has 1 amide bonds. The summed E-state index contributed by atoms with van der Waals surface area (Å²) >= 11 is 0. The van der Waals surface area contributed by atoms with E-state index in [1.54, 1.807) is 6.33 Å². The van der Waals surface area contributed by atoms with Gasteiger partial charge in [-0.05, 0) is 60.4 Å². The van der Waals surface area contributed by atoms with Gasteiger partial charge < -0.3 is 9.80 Å². The van der Waals surface area contributed by atoms with Crippen LogP contribution in [0.4, 0.5) is 5.82 Å². The highest BCUT2D eigenvalue weighted by Gasteiger charge is 2.22. The Hall–Kier alpha value is -3.74. The number of carbonyl (C=O) groups is 1. The topological polar surface area (TPSA) is 78.0 Å². The Morgan fingerprint density at radius 3 is 2.65 bits per heavy atom. The molecule has 0 unspecified atom stereocenters. The molecule has 2 aromatic heterocycles. The minimum absolute atomic E-state index is 0.0172. The van der Waals surface area contributed by atoms with E-state index in [0.29, 0.717) is 13.1 Å². The first-order valence-electron chi connectivity index (χ1n) is 10.4. The molecule has 0 bridgehead atoms. The van der Waals surface area contributed by atoms with Crippen molar-refractivity contribution in [2.75, 3.05) is 31.1 Å². The second-order valence-electron chi connectivity index (χ2n) is 7.99. The number of fused-ring (bicyclic) bond motifs is 2. The van der Waals surface area contributed by atoms with Gasteiger partial charge in [-0.1, -0.05) is 12.6 Å². The zero-order valence-electron chi connectivity index (χ0n) is 17.7. The third kappa shape index (κ3) is 3.22. The number of aromatic amines is 1. The first-order valence-corrected chi connectivity index (χ1v) is 10.4. The zero-order valence-corrected chi connectivity index (χ0v) is 17.7. The van der Waals surface area contributed by atoms with E-state index in [9.17, 15) is 4.79 Å². The summed E-state index contributed by atoms with van der Waals surface area (Å²) in [6.45, 7) is 10.6. The van der Waals surface area contributed by atoms with Crippen molar-refractivity contribution < 1.29 is 4.79 Å². The maximum atomic E-state index is 11.9. The fraction of sp³-hybridized carbons (Fsp3) is 0.250. The number of rotatable bonds is 3. The summed E-state index contributed by atoms with van der Waals surface area (Å²) in [5.41, 5.74) is 6.64. The predicted octanol–water partition coefficient (Wildman–Crippen LogP) is 3.62. The highest BCUT2D eigenvalue weighted by atomic mass is 16.2. The first kappa shape index (κ1) is 19.2. The fourth-order valence-electron chi connectivity index (χ4n) is 4.47. The second kappa shape index (κ2) is 7.50. The Bertz CT molecular complexity index is 1320. The number of amides is 1. The minimum atomic E-state index is -0.0172. The van der Waals surface area contributed by atoms with Gasteiger partial charge in [-0.2, -0.15) is 5.10 Å². The highest BCUT2D eigenvalue weighted by molar-refractivity contribution is 6.01. The van der Waals surface area contributed by atoms with Gasteiger partial charge in [-0.3, -0.25) is 9.89 Å². The summed E-state index contributed by atoms with van der Waals surface area (Å²) in [7, 11) is 0. The van der Waals surface area contributed by atoms with E-state index in [2.05, 4.69) is 69.8 Å². The third-order valence-corrected chi connectivity index (χ3v) is 6.13. The number of nitrogens with one attached hydrogen (secondary N) is 1. The van der Waals surface area contributed by atoms with Crippen LogP contribution in [0.5, 0.6) is 0 Å². The van der Waals surface area contributed by atoms with Crippen LogP contribution in [0.2, 0.25) is 0 Å². The van der Waals surface area contributed by atoms with Crippen molar-refractivity contribution in [3.63, 3.8) is 0 Å². The lowest BCUT2D eigenvalue weighted by molar-refractivity contribution is -0.126. The Labute approximate surface area is 180 Å². The van der Waals surface area contributed by atoms with Crippen molar-refractivity contribution in [2.24, 2.45) is 0 Å². The largest absolute Gasteiger partial charge is 0.352 e. The molecule has 0 spiro atoms. The number of aromatic nitrogens is 4. The fourth-order valence-corrected chi connectivity index (χ4v) is 4.47. The van der Waals surface area contributed by atoms with Crippen LogP contribution in [0.25, 0.3) is 32.9 Å². The molecular formula is C24H24N6O. The SMILES string of the molecule is C=CC(=O)N1CCN(c2ncnc3cc(-c4c(C)ccc5[nH]ncc45)c(C)cc23)CC1. The van der Waals surface area contributed by atoms with E-state index in [0.717, 1.165) is 46.3 Å². The molecule has 7 nitrogen and oxygen atoms in total. The van der Waals surface area contributed by atoms with E-state index >= 15 is 0 Å². The lowest BCUT2D eigenvalue weighted by atomic mass is 9.92. The number of H-pyrrole nitrogens is 1. The number of hydrogen-bond acceptors (Lipinski definition) is 5. The maximum absolute atomic E-state index is 11.9. The van der Waals surface area contributed by atoms with E-state index in [4.69, 9.17) is 0 Å². The van der Waals surface area contributed by atoms with Gasteiger partial charge in [0.05, 0.1) is 17.2 Å². The molecule has 1 aliphatic rings. The van der Waals surface area contributed by atoms with Crippen LogP contribution < -0.4 is 4.90 Å². The molecule has 0 atom stereocenters. The van der Waals surface area contributed by atoms with Gasteiger partial charge in [0.2, 0.25) is 5.91 Å². The van der Waals surface area contributed by atoms with Crippen molar-refractivity contribution >= 4 is 33.5 Å². The number of aryl methyl sites for hydroxylation is 2. The smallest absolute Gasteiger partial charge is 0.246 e. The summed E-state index contributed by atoms with van der Waals surface area (Å²) in [5.74, 6) is 0.903. The van der Waals surface area contributed by atoms with Crippen LogP contribution in [0.3, 0.4) is 0 Å². The van der Waals surface area contributed by atoms with E-state index in [-0.39, 0.29) is 5.91 Å². The molecule has 7 heteroatoms. The molecular weight excluding hydrogens is 388 g/mol. The minimum Gasteiger partial charge on any atom is -0.352 e. The number of nitrogens with zero attached hydrogens (tertiary/aromatic N) is 5. The molecule has 0 saturated carbocycles. The number of hydrogen-bond donors (Lipinski definition) is 1. The molecule has 31 heavy (non-hydrogen) atoms. The maximum Gasteiger partial charge on any atom is 0.246 e. The molecule has 1 saturated heterocycles. The van der Waals surface area contributed by atoms with Gasteiger partial charge >= 0.3 is 0 Å². The zero-order chi connectivity index (χ0) is 21.5. The van der Waals surface area contributed by atoms with Gasteiger partial charge in [0.15, 0.2) is 0 Å². The summed E-state index contributed by atoms with van der Waals surface area (Å²) in [5, 5.41) is 9.44. The monoisotopic (exact) mass is 412 g/mol. The summed E-state index contributed by atoms with van der Waals surface area (Å²) in [6, 6.07) is 8.52. The van der Waals surface area contributed by atoms with Gasteiger partial charge in [-0.15, -0.1) is 0 Å². The van der Waals surface area contributed by atoms with Crippen LogP contribution >= 0.6 is 0 Å². The van der Waals surface area contributed by atoms with Crippen LogP contribution in [0.15, 0.2) is 49.4 Å². The summed E-state index contributed by atoms with van der Waals surface area (Å²) in [4.78, 5) is 25.1. The van der Waals surface area contributed by atoms with Crippen molar-refractivity contribution in [1.82, 2.24) is 25.1 Å². The average molecular weight is 412 g/mol. The van der Waals surface area contributed by atoms with Gasteiger partial charge in [-0.25, -0.2) is 9.97 Å². The van der Waals surface area contributed by atoms with Crippen molar-refractivity contribution in [1.29, 1.82) is 0 Å². The highest BCUT2D eigenvalue weighted by Crippen LogP contribution is 2.36. The second-order valence-corrected chi connectivity index (χ2v) is 7.99. The Morgan fingerprint density at radius 1 is 1.06 bits per heavy atom. The van der Waals surface area contributed by atoms with E-state index in [1.807, 2.05) is 11.1 Å². The molecule has 1 aliphatic heterocycles. The molecule has 156 valence electrons. The third-order valence-electron chi connectivity index (χ3n) is 6.13. The molecule has 1 fully saturated rings. The molecule has 4 aromatic rings. The number of piperazine rings is 1. The summed E-state index contributed by atoms with van der Waals surface area (Å²) < 4.78 is 0. The van der Waals surface area contributed by atoms with Crippen LogP contribution in [-0.4, -0.2) is 57.2 Å².